The number of rotatable bonds is 7. The molecule has 0 radical (unpaired) electrons. The molecule has 0 aliphatic carbocycles. The Morgan fingerprint density at radius 3 is 2.70 bits per heavy atom. The first-order chi connectivity index (χ1) is 15.8. The molecular weight excluding hydrogens is 436 g/mol. The molecule has 170 valence electrons. The summed E-state index contributed by atoms with van der Waals surface area (Å²) in [7, 11) is 3.70. The van der Waals surface area contributed by atoms with Crippen molar-refractivity contribution in [3.8, 4) is 11.7 Å². The number of para-hydroxylation sites is 1. The zero-order chi connectivity index (χ0) is 23.7. The maximum absolute atomic E-state index is 12.9. The van der Waals surface area contributed by atoms with Crippen molar-refractivity contribution in [2.75, 3.05) is 19.8 Å². The van der Waals surface area contributed by atoms with Gasteiger partial charge in [0.25, 0.3) is 0 Å². The van der Waals surface area contributed by atoms with Crippen molar-refractivity contribution in [1.82, 2.24) is 29.9 Å². The van der Waals surface area contributed by atoms with Gasteiger partial charge in [-0.2, -0.15) is 4.68 Å². The molecule has 0 aliphatic rings. The molecule has 0 bridgehead atoms. The molecule has 0 atom stereocenters. The topological polar surface area (TPSA) is 207 Å². The predicted octanol–water partition coefficient (Wildman–Crippen LogP) is -1.79. The number of nitrogen functional groups attached to an aromatic ring is 1. The Hall–Kier alpha value is -4.66. The van der Waals surface area contributed by atoms with Crippen molar-refractivity contribution in [2.45, 2.75) is 13.1 Å². The lowest BCUT2D eigenvalue weighted by Gasteiger charge is -2.08. The second kappa shape index (κ2) is 8.46. The lowest BCUT2D eigenvalue weighted by Crippen LogP contribution is -3.04. The fourth-order valence-corrected chi connectivity index (χ4v) is 3.27. The summed E-state index contributed by atoms with van der Waals surface area (Å²) in [6.45, 7) is -0.306. The van der Waals surface area contributed by atoms with Gasteiger partial charge in [0.15, 0.2) is 11.4 Å². The normalized spacial score (nSPS) is 11.7. The lowest BCUT2D eigenvalue weighted by molar-refractivity contribution is -0.873. The SMILES string of the molecule is C[NH+](C)Cc1c(C(=O)N=Nc2c(O)n(CC(=O)[O-])c3ccccc23)nnn1-c1nonc1N. The van der Waals surface area contributed by atoms with Crippen LogP contribution >= 0.6 is 0 Å². The first kappa shape index (κ1) is 21.6. The number of aromatic hydroxyl groups is 1. The summed E-state index contributed by atoms with van der Waals surface area (Å²) in [6.07, 6.45) is 0. The molecule has 0 saturated carbocycles. The fraction of sp³-hybridized carbons (Fsp3) is 0.222. The molecule has 15 nitrogen and oxygen atoms in total. The van der Waals surface area contributed by atoms with E-state index in [-0.39, 0.29) is 23.0 Å². The number of benzene rings is 1. The van der Waals surface area contributed by atoms with E-state index < -0.39 is 24.3 Å². The summed E-state index contributed by atoms with van der Waals surface area (Å²) in [4.78, 5) is 24.9. The third-order valence-corrected chi connectivity index (χ3v) is 4.63. The third-order valence-electron chi connectivity index (χ3n) is 4.63. The van der Waals surface area contributed by atoms with Crippen LogP contribution in [-0.4, -0.2) is 61.0 Å². The summed E-state index contributed by atoms with van der Waals surface area (Å²) in [6, 6.07) is 6.54. The number of aromatic nitrogens is 6. The van der Waals surface area contributed by atoms with Crippen molar-refractivity contribution < 1.29 is 29.3 Å². The van der Waals surface area contributed by atoms with Crippen LogP contribution in [0.25, 0.3) is 16.7 Å². The second-order valence-corrected chi connectivity index (χ2v) is 7.31. The highest BCUT2D eigenvalue weighted by Crippen LogP contribution is 2.38. The zero-order valence-electron chi connectivity index (χ0n) is 17.5. The molecule has 0 spiro atoms. The number of nitrogens with one attached hydrogen (secondary N) is 1. The number of aliphatic carboxylic acids is 1. The molecule has 3 heterocycles. The highest BCUT2D eigenvalue weighted by atomic mass is 16.6. The number of azo groups is 1. The van der Waals surface area contributed by atoms with Gasteiger partial charge in [0.2, 0.25) is 17.5 Å². The van der Waals surface area contributed by atoms with Gasteiger partial charge in [0.1, 0.15) is 12.2 Å². The van der Waals surface area contributed by atoms with Crippen LogP contribution in [0.15, 0.2) is 39.1 Å². The van der Waals surface area contributed by atoms with Crippen molar-refractivity contribution in [1.29, 1.82) is 0 Å². The number of carbonyl (C=O) groups is 2. The maximum atomic E-state index is 12.9. The van der Waals surface area contributed by atoms with E-state index in [0.717, 1.165) is 9.47 Å². The Morgan fingerprint density at radius 2 is 2.03 bits per heavy atom. The number of nitrogens with zero attached hydrogens (tertiary/aromatic N) is 8. The Labute approximate surface area is 184 Å². The number of fused-ring (bicyclic) bond motifs is 1. The number of carbonyl (C=O) groups excluding carboxylic acids is 2. The van der Waals surface area contributed by atoms with Crippen molar-refractivity contribution in [2.24, 2.45) is 10.2 Å². The smallest absolute Gasteiger partial charge is 0.318 e. The first-order valence-corrected chi connectivity index (χ1v) is 9.56. The van der Waals surface area contributed by atoms with Crippen LogP contribution in [0.5, 0.6) is 5.88 Å². The fourth-order valence-electron chi connectivity index (χ4n) is 3.27. The van der Waals surface area contributed by atoms with E-state index in [1.165, 1.54) is 4.68 Å². The highest BCUT2D eigenvalue weighted by Gasteiger charge is 2.26. The van der Waals surface area contributed by atoms with E-state index in [0.29, 0.717) is 23.1 Å². The van der Waals surface area contributed by atoms with Gasteiger partial charge in [-0.05, 0) is 16.4 Å². The van der Waals surface area contributed by atoms with Crippen molar-refractivity contribution >= 4 is 34.3 Å². The van der Waals surface area contributed by atoms with Gasteiger partial charge in [-0.3, -0.25) is 4.79 Å². The minimum absolute atomic E-state index is 0.0406. The quantitative estimate of drug-likeness (QED) is 0.267. The largest absolute Gasteiger partial charge is 0.548 e. The summed E-state index contributed by atoms with van der Waals surface area (Å²) >= 11 is 0. The van der Waals surface area contributed by atoms with Gasteiger partial charge in [-0.1, -0.05) is 23.4 Å². The van der Waals surface area contributed by atoms with Crippen LogP contribution in [0.2, 0.25) is 0 Å². The van der Waals surface area contributed by atoms with Crippen LogP contribution in [0.4, 0.5) is 11.5 Å². The number of amides is 1. The van der Waals surface area contributed by atoms with E-state index >= 15 is 0 Å². The van der Waals surface area contributed by atoms with Crippen LogP contribution in [0.1, 0.15) is 16.2 Å². The number of carboxylic acids is 1. The Kier molecular flexibility index (Phi) is 5.53. The second-order valence-electron chi connectivity index (χ2n) is 7.31. The molecule has 0 unspecified atom stereocenters. The molecular formula is C18H18N10O5. The molecule has 1 aromatic carbocycles. The van der Waals surface area contributed by atoms with E-state index in [2.05, 4.69) is 35.5 Å². The number of hydrogen-bond donors (Lipinski definition) is 3. The lowest BCUT2D eigenvalue weighted by atomic mass is 10.2. The van der Waals surface area contributed by atoms with Crippen LogP contribution in [-0.2, 0) is 17.9 Å². The van der Waals surface area contributed by atoms with E-state index in [9.17, 15) is 19.8 Å². The van der Waals surface area contributed by atoms with Crippen LogP contribution in [0.3, 0.4) is 0 Å². The van der Waals surface area contributed by atoms with Gasteiger partial charge < -0.3 is 30.2 Å². The van der Waals surface area contributed by atoms with Gasteiger partial charge in [0, 0.05) is 5.39 Å². The first-order valence-electron chi connectivity index (χ1n) is 9.56. The van der Waals surface area contributed by atoms with Crippen molar-refractivity contribution in [3.05, 3.63) is 35.7 Å². The molecule has 4 N–H and O–H groups in total. The van der Waals surface area contributed by atoms with Gasteiger partial charge in [0.05, 0.1) is 32.1 Å². The number of anilines is 1. The number of nitrogens with two attached hydrogens (primary N) is 1. The molecule has 33 heavy (non-hydrogen) atoms. The molecule has 0 fully saturated rings. The van der Waals surface area contributed by atoms with E-state index in [1.807, 2.05) is 14.1 Å². The summed E-state index contributed by atoms with van der Waals surface area (Å²) in [5, 5.41) is 44.5. The summed E-state index contributed by atoms with van der Waals surface area (Å²) < 4.78 is 6.92. The third kappa shape index (κ3) is 3.99. The minimum atomic E-state index is -1.40. The van der Waals surface area contributed by atoms with Gasteiger partial charge in [-0.15, -0.1) is 15.3 Å². The monoisotopic (exact) mass is 454 g/mol. The molecule has 0 aliphatic heterocycles. The van der Waals surface area contributed by atoms with Gasteiger partial charge in [-0.25, -0.2) is 4.63 Å². The average Bonchev–Trinajstić information content (AvgIpc) is 3.43. The van der Waals surface area contributed by atoms with Crippen LogP contribution < -0.4 is 15.7 Å². The van der Waals surface area contributed by atoms with Crippen LogP contribution in [0, 0.1) is 0 Å². The van der Waals surface area contributed by atoms with E-state index in [4.69, 9.17) is 5.73 Å². The molecule has 4 aromatic rings. The van der Waals surface area contributed by atoms with Gasteiger partial charge >= 0.3 is 5.91 Å². The Balaban J connectivity index is 1.74. The zero-order valence-corrected chi connectivity index (χ0v) is 17.5. The summed E-state index contributed by atoms with van der Waals surface area (Å²) in [5.74, 6) is -2.69. The predicted molar refractivity (Wildman–Crippen MR) is 108 cm³/mol. The molecule has 3 aromatic heterocycles. The standard InChI is InChI=1S/C18H18N10O5/c1-26(2)7-11-14(21-25-28(11)16-15(19)23-33-24-16)17(31)22-20-13-9-5-3-4-6-10(9)27(18(13)32)8-12(29)30/h3-6,32H,7-8H2,1-2H3,(H2,19,23)(H,29,30). The number of hydrogen-bond acceptors (Lipinski definition) is 11. The minimum Gasteiger partial charge on any atom is -0.548 e. The van der Waals surface area contributed by atoms with Crippen molar-refractivity contribution in [3.63, 3.8) is 0 Å². The highest BCUT2D eigenvalue weighted by molar-refractivity contribution is 5.97. The average molecular weight is 454 g/mol. The molecule has 0 saturated heterocycles. The molecule has 15 heteroatoms. The maximum Gasteiger partial charge on any atom is 0.318 e. The molecule has 1 amide bonds. The summed E-state index contributed by atoms with van der Waals surface area (Å²) in [5.41, 5.74) is 6.27. The van der Waals surface area contributed by atoms with E-state index in [1.54, 1.807) is 24.3 Å². The Bertz CT molecular complexity index is 1380. The number of carboxylic acid groups (broad SMARTS) is 1. The molecule has 4 rings (SSSR count). The number of quaternary nitrogens is 1. The Morgan fingerprint density at radius 1 is 1.27 bits per heavy atom.